The molecule has 1 aromatic rings. The maximum absolute atomic E-state index is 4.59. The highest BCUT2D eigenvalue weighted by Crippen LogP contribution is 2.13. The van der Waals surface area contributed by atoms with Gasteiger partial charge in [0.15, 0.2) is 0 Å². The van der Waals surface area contributed by atoms with E-state index in [0.29, 0.717) is 0 Å². The molecule has 0 aromatic carbocycles. The molecule has 0 radical (unpaired) electrons. The summed E-state index contributed by atoms with van der Waals surface area (Å²) in [7, 11) is 0. The van der Waals surface area contributed by atoms with E-state index in [1.165, 1.54) is 23.4 Å². The minimum atomic E-state index is 0.949. The maximum atomic E-state index is 4.59. The van der Waals surface area contributed by atoms with Crippen LogP contribution in [0.4, 0.5) is 0 Å². The Labute approximate surface area is 103 Å². The lowest BCUT2D eigenvalue weighted by Crippen LogP contribution is -2.15. The van der Waals surface area contributed by atoms with Gasteiger partial charge < -0.3 is 5.32 Å². The largest absolute Gasteiger partial charge is 0.313 e. The summed E-state index contributed by atoms with van der Waals surface area (Å²) < 4.78 is 2.13. The van der Waals surface area contributed by atoms with E-state index in [4.69, 9.17) is 0 Å². The third kappa shape index (κ3) is 3.52. The molecule has 0 fully saturated rings. The van der Waals surface area contributed by atoms with Gasteiger partial charge in [-0.05, 0) is 33.1 Å². The fourth-order valence-electron chi connectivity index (χ4n) is 1.78. The lowest BCUT2D eigenvalue weighted by molar-refractivity contribution is 0.635. The average Bonchev–Trinajstić information content (AvgIpc) is 2.54. The van der Waals surface area contributed by atoms with Gasteiger partial charge in [-0.15, -0.1) is 0 Å². The van der Waals surface area contributed by atoms with Gasteiger partial charge >= 0.3 is 0 Å². The number of rotatable bonds is 7. The first-order valence-electron chi connectivity index (χ1n) is 5.93. The number of nitrogens with zero attached hydrogens (tertiary/aromatic N) is 2. The summed E-state index contributed by atoms with van der Waals surface area (Å²) in [4.78, 5) is 0. The first kappa shape index (κ1) is 13.6. The van der Waals surface area contributed by atoms with Gasteiger partial charge in [0.05, 0.1) is 12.2 Å². The van der Waals surface area contributed by atoms with Crippen LogP contribution in [0.2, 0.25) is 0 Å². The topological polar surface area (TPSA) is 29.9 Å². The van der Waals surface area contributed by atoms with E-state index in [1.807, 2.05) is 11.8 Å². The molecule has 16 heavy (non-hydrogen) atoms. The first-order chi connectivity index (χ1) is 7.70. The second-order valence-corrected chi connectivity index (χ2v) is 5.03. The molecular weight excluding hydrogens is 218 g/mol. The van der Waals surface area contributed by atoms with Crippen LogP contribution in [0.25, 0.3) is 0 Å². The van der Waals surface area contributed by atoms with E-state index < -0.39 is 0 Å². The molecule has 0 amide bonds. The van der Waals surface area contributed by atoms with Gasteiger partial charge in [-0.25, -0.2) is 0 Å². The van der Waals surface area contributed by atoms with Crippen LogP contribution in [0.1, 0.15) is 30.3 Å². The predicted octanol–water partition coefficient (Wildman–Crippen LogP) is 2.36. The maximum Gasteiger partial charge on any atom is 0.0641 e. The molecule has 0 aliphatic carbocycles. The molecule has 0 spiro atoms. The highest BCUT2D eigenvalue weighted by molar-refractivity contribution is 7.98. The van der Waals surface area contributed by atoms with Crippen LogP contribution in [-0.4, -0.2) is 28.3 Å². The summed E-state index contributed by atoms with van der Waals surface area (Å²) in [6, 6.07) is 0. The summed E-state index contributed by atoms with van der Waals surface area (Å²) in [5.74, 6) is 1.13. The molecule has 0 atom stereocenters. The second-order valence-electron chi connectivity index (χ2n) is 4.04. The molecule has 1 aromatic heterocycles. The summed E-state index contributed by atoms with van der Waals surface area (Å²) in [5.41, 5.74) is 3.85. The lowest BCUT2D eigenvalue weighted by atomic mass is 10.2. The van der Waals surface area contributed by atoms with Crippen molar-refractivity contribution in [3.8, 4) is 0 Å². The molecule has 0 saturated carbocycles. The fraction of sp³-hybridized carbons (Fsp3) is 0.750. The van der Waals surface area contributed by atoms with Gasteiger partial charge in [-0.3, -0.25) is 4.68 Å². The summed E-state index contributed by atoms with van der Waals surface area (Å²) in [6.07, 6.45) is 3.31. The van der Waals surface area contributed by atoms with Crippen LogP contribution in [0.5, 0.6) is 0 Å². The molecule has 3 nitrogen and oxygen atoms in total. The zero-order chi connectivity index (χ0) is 12.0. The Bertz CT molecular complexity index is 320. The van der Waals surface area contributed by atoms with E-state index in [1.54, 1.807) is 0 Å². The standard InChI is InChI=1S/C12H23N3S/c1-5-6-13-9-12-10(2)14-15(11(12)3)7-8-16-4/h13H,5-9H2,1-4H3. The third-order valence-electron chi connectivity index (χ3n) is 2.77. The smallest absolute Gasteiger partial charge is 0.0641 e. The van der Waals surface area contributed by atoms with Crippen molar-refractivity contribution < 1.29 is 0 Å². The Morgan fingerprint density at radius 1 is 1.38 bits per heavy atom. The van der Waals surface area contributed by atoms with Gasteiger partial charge in [-0.2, -0.15) is 16.9 Å². The van der Waals surface area contributed by atoms with E-state index in [0.717, 1.165) is 25.4 Å². The Kier molecular flexibility index (Phi) is 5.91. The van der Waals surface area contributed by atoms with Crippen molar-refractivity contribution in [2.45, 2.75) is 40.3 Å². The van der Waals surface area contributed by atoms with E-state index in [9.17, 15) is 0 Å². The van der Waals surface area contributed by atoms with Crippen LogP contribution < -0.4 is 5.32 Å². The van der Waals surface area contributed by atoms with Crippen LogP contribution >= 0.6 is 11.8 Å². The van der Waals surface area contributed by atoms with Crippen LogP contribution in [-0.2, 0) is 13.1 Å². The van der Waals surface area contributed by atoms with Crippen molar-refractivity contribution >= 4 is 11.8 Å². The number of thioether (sulfide) groups is 1. The molecule has 1 rings (SSSR count). The Hall–Kier alpha value is -0.480. The fourth-order valence-corrected chi connectivity index (χ4v) is 2.13. The molecule has 4 heteroatoms. The Balaban J connectivity index is 2.65. The van der Waals surface area contributed by atoms with E-state index in [2.05, 4.69) is 42.1 Å². The highest BCUT2D eigenvalue weighted by atomic mass is 32.2. The van der Waals surface area contributed by atoms with Crippen molar-refractivity contribution in [1.29, 1.82) is 0 Å². The van der Waals surface area contributed by atoms with E-state index in [-0.39, 0.29) is 0 Å². The van der Waals surface area contributed by atoms with Gasteiger partial charge in [0.1, 0.15) is 0 Å². The van der Waals surface area contributed by atoms with Crippen LogP contribution in [0.15, 0.2) is 0 Å². The summed E-state index contributed by atoms with van der Waals surface area (Å²) >= 11 is 1.87. The second kappa shape index (κ2) is 6.97. The van der Waals surface area contributed by atoms with Crippen molar-refractivity contribution in [3.63, 3.8) is 0 Å². The number of aryl methyl sites for hydroxylation is 2. The molecule has 92 valence electrons. The van der Waals surface area contributed by atoms with Crippen molar-refractivity contribution in [1.82, 2.24) is 15.1 Å². The predicted molar refractivity (Wildman–Crippen MR) is 72.1 cm³/mol. The van der Waals surface area contributed by atoms with Crippen molar-refractivity contribution in [3.05, 3.63) is 17.0 Å². The molecule has 1 heterocycles. The number of hydrogen-bond acceptors (Lipinski definition) is 3. The molecule has 0 bridgehead atoms. The molecule has 1 N–H and O–H groups in total. The first-order valence-corrected chi connectivity index (χ1v) is 7.32. The molecule has 0 saturated heterocycles. The molecule has 0 aliphatic rings. The molecular formula is C12H23N3S. The minimum absolute atomic E-state index is 0.949. The van der Waals surface area contributed by atoms with Gasteiger partial charge in [0.2, 0.25) is 0 Å². The van der Waals surface area contributed by atoms with Gasteiger partial charge in [-0.1, -0.05) is 6.92 Å². The summed E-state index contributed by atoms with van der Waals surface area (Å²) in [6.45, 7) is 9.50. The number of nitrogens with one attached hydrogen (secondary N) is 1. The average molecular weight is 241 g/mol. The van der Waals surface area contributed by atoms with Crippen LogP contribution in [0, 0.1) is 13.8 Å². The normalized spacial score (nSPS) is 11.0. The SMILES string of the molecule is CCCNCc1c(C)nn(CCSC)c1C. The quantitative estimate of drug-likeness (QED) is 0.743. The van der Waals surface area contributed by atoms with Gasteiger partial charge in [0, 0.05) is 23.6 Å². The summed E-state index contributed by atoms with van der Waals surface area (Å²) in [5, 5.41) is 8.03. The molecule has 0 unspecified atom stereocenters. The lowest BCUT2D eigenvalue weighted by Gasteiger charge is -2.05. The monoisotopic (exact) mass is 241 g/mol. The number of aromatic nitrogens is 2. The van der Waals surface area contributed by atoms with Crippen molar-refractivity contribution in [2.75, 3.05) is 18.6 Å². The third-order valence-corrected chi connectivity index (χ3v) is 3.36. The van der Waals surface area contributed by atoms with E-state index >= 15 is 0 Å². The van der Waals surface area contributed by atoms with Crippen LogP contribution in [0.3, 0.4) is 0 Å². The minimum Gasteiger partial charge on any atom is -0.313 e. The zero-order valence-electron chi connectivity index (χ0n) is 10.8. The molecule has 0 aliphatic heterocycles. The highest BCUT2D eigenvalue weighted by Gasteiger charge is 2.10. The van der Waals surface area contributed by atoms with Crippen molar-refractivity contribution in [2.24, 2.45) is 0 Å². The number of hydrogen-bond donors (Lipinski definition) is 1. The zero-order valence-corrected chi connectivity index (χ0v) is 11.7. The van der Waals surface area contributed by atoms with Gasteiger partial charge in [0.25, 0.3) is 0 Å². The Morgan fingerprint density at radius 3 is 2.75 bits per heavy atom. The Morgan fingerprint density at radius 2 is 2.12 bits per heavy atom.